The van der Waals surface area contributed by atoms with Crippen LogP contribution in [0.2, 0.25) is 0 Å². The lowest BCUT2D eigenvalue weighted by atomic mass is 10.2. The van der Waals surface area contributed by atoms with Crippen LogP contribution in [0.3, 0.4) is 0 Å². The number of aromatic nitrogens is 6. The second-order valence-electron chi connectivity index (χ2n) is 5.24. The minimum Gasteiger partial charge on any atom is -0.481 e. The van der Waals surface area contributed by atoms with Crippen LogP contribution < -0.4 is 4.74 Å². The zero-order valence-corrected chi connectivity index (χ0v) is 15.1. The van der Waals surface area contributed by atoms with Crippen molar-refractivity contribution in [2.24, 2.45) is 0 Å². The van der Waals surface area contributed by atoms with Gasteiger partial charge in [-0.1, -0.05) is 35.4 Å². The summed E-state index contributed by atoms with van der Waals surface area (Å²) < 4.78 is 9.72. The largest absolute Gasteiger partial charge is 0.481 e. The Morgan fingerprint density at radius 3 is 2.88 bits per heavy atom. The molecule has 0 spiro atoms. The number of hydrogen-bond donors (Lipinski definition) is 0. The molecule has 4 aromatic rings. The van der Waals surface area contributed by atoms with Crippen molar-refractivity contribution in [1.29, 1.82) is 0 Å². The third-order valence-corrected chi connectivity index (χ3v) is 6.29. The Bertz CT molecular complexity index is 985. The van der Waals surface area contributed by atoms with E-state index in [1.807, 2.05) is 30.3 Å². The molecule has 3 aromatic heterocycles. The van der Waals surface area contributed by atoms with Gasteiger partial charge in [0.1, 0.15) is 0 Å². The number of methoxy groups -OCH3 is 1. The van der Waals surface area contributed by atoms with Crippen molar-refractivity contribution in [2.45, 2.75) is 18.1 Å². The first-order chi connectivity index (χ1) is 12.3. The second kappa shape index (κ2) is 7.16. The van der Waals surface area contributed by atoms with E-state index in [2.05, 4.69) is 42.3 Å². The SMILES string of the molecule is COc1ccc2c[s+](Sc3nnn(CCc4ccccc4)n3)nc2n1. The van der Waals surface area contributed by atoms with Crippen LogP contribution in [-0.2, 0) is 13.0 Å². The van der Waals surface area contributed by atoms with Crippen LogP contribution in [0, 0.1) is 0 Å². The number of benzene rings is 1. The molecule has 0 aliphatic heterocycles. The van der Waals surface area contributed by atoms with Crippen molar-refractivity contribution in [3.05, 3.63) is 53.4 Å². The molecule has 3 heterocycles. The summed E-state index contributed by atoms with van der Waals surface area (Å²) in [7, 11) is 2.69. The fraction of sp³-hybridized carbons (Fsp3) is 0.188. The van der Waals surface area contributed by atoms with Gasteiger partial charge in [-0.05, 0) is 27.6 Å². The fourth-order valence-electron chi connectivity index (χ4n) is 2.29. The number of tetrazole rings is 1. The Balaban J connectivity index is 1.44. The average Bonchev–Trinajstić information content (AvgIpc) is 3.26. The Hall–Kier alpha value is -2.52. The smallest absolute Gasteiger partial charge is 0.289 e. The van der Waals surface area contributed by atoms with E-state index < -0.39 is 9.70 Å². The molecule has 0 N–H and O–H groups in total. The fourth-order valence-corrected chi connectivity index (χ4v) is 4.93. The summed E-state index contributed by atoms with van der Waals surface area (Å²) in [6.45, 7) is 0.700. The van der Waals surface area contributed by atoms with Crippen molar-refractivity contribution in [2.75, 3.05) is 7.11 Å². The molecule has 0 amide bonds. The Labute approximate surface area is 150 Å². The molecule has 0 saturated heterocycles. The van der Waals surface area contributed by atoms with Crippen LogP contribution in [0.4, 0.5) is 0 Å². The molecule has 9 heteroatoms. The molecule has 0 fully saturated rings. The summed E-state index contributed by atoms with van der Waals surface area (Å²) in [5, 5.41) is 16.4. The lowest BCUT2D eigenvalue weighted by molar-refractivity contribution is 0.399. The third-order valence-electron chi connectivity index (χ3n) is 3.53. The van der Waals surface area contributed by atoms with E-state index in [0.717, 1.165) is 11.8 Å². The normalized spacial score (nSPS) is 11.8. The number of rotatable bonds is 6. The predicted molar refractivity (Wildman–Crippen MR) is 97.8 cm³/mol. The van der Waals surface area contributed by atoms with Gasteiger partial charge in [0, 0.05) is 6.07 Å². The van der Waals surface area contributed by atoms with Crippen molar-refractivity contribution in [1.82, 2.24) is 29.6 Å². The number of ether oxygens (including phenoxy) is 1. The van der Waals surface area contributed by atoms with Crippen molar-refractivity contribution >= 4 is 31.5 Å². The number of aryl methyl sites for hydroxylation is 2. The molecule has 25 heavy (non-hydrogen) atoms. The zero-order valence-electron chi connectivity index (χ0n) is 13.4. The molecule has 1 atom stereocenters. The summed E-state index contributed by atoms with van der Waals surface area (Å²) in [4.78, 5) is 5.97. The topological polar surface area (TPSA) is 78.6 Å². The van der Waals surface area contributed by atoms with Crippen molar-refractivity contribution < 1.29 is 4.74 Å². The molecule has 1 aromatic carbocycles. The first-order valence-corrected chi connectivity index (χ1v) is 10.2. The molecule has 0 bridgehead atoms. The summed E-state index contributed by atoms with van der Waals surface area (Å²) in [5.74, 6) is 0.566. The highest BCUT2D eigenvalue weighted by atomic mass is 33.1. The van der Waals surface area contributed by atoms with Gasteiger partial charge >= 0.3 is 0 Å². The van der Waals surface area contributed by atoms with E-state index in [1.54, 1.807) is 11.9 Å². The van der Waals surface area contributed by atoms with E-state index in [4.69, 9.17) is 4.74 Å². The molecule has 0 radical (unpaired) electrons. The van der Waals surface area contributed by atoms with Gasteiger partial charge in [0.25, 0.3) is 5.16 Å². The van der Waals surface area contributed by atoms with Crippen LogP contribution in [0.15, 0.2) is 53.0 Å². The standard InChI is InChI=1S/C16H15N6OS2/c1-23-14-8-7-13-11-25(20-15(13)17-14)24-16-18-21-22(19-16)10-9-12-5-3-2-4-6-12/h2-8,11H,9-10H2,1H3/q+1. The van der Waals surface area contributed by atoms with Crippen LogP contribution in [0.1, 0.15) is 5.56 Å². The third kappa shape index (κ3) is 3.77. The zero-order chi connectivity index (χ0) is 17.1. The van der Waals surface area contributed by atoms with E-state index in [9.17, 15) is 0 Å². The maximum Gasteiger partial charge on any atom is 0.289 e. The molecule has 1 unspecified atom stereocenters. The van der Waals surface area contributed by atoms with E-state index in [-0.39, 0.29) is 0 Å². The summed E-state index contributed by atoms with van der Waals surface area (Å²) >= 11 is 0. The van der Waals surface area contributed by atoms with Crippen LogP contribution in [0.25, 0.3) is 11.0 Å². The summed E-state index contributed by atoms with van der Waals surface area (Å²) in [5.41, 5.74) is 1.96. The highest BCUT2D eigenvalue weighted by Gasteiger charge is 2.20. The lowest BCUT2D eigenvalue weighted by Gasteiger charge is -1.98. The predicted octanol–water partition coefficient (Wildman–Crippen LogP) is 3.17. The summed E-state index contributed by atoms with van der Waals surface area (Å²) in [6.07, 6.45) is 0.874. The Morgan fingerprint density at radius 2 is 2.04 bits per heavy atom. The molecule has 7 nitrogen and oxygen atoms in total. The van der Waals surface area contributed by atoms with Gasteiger partial charge in [-0.2, -0.15) is 9.78 Å². The number of fused-ring (bicyclic) bond motifs is 1. The van der Waals surface area contributed by atoms with Gasteiger partial charge < -0.3 is 4.74 Å². The van der Waals surface area contributed by atoms with Gasteiger partial charge in [-0.15, -0.1) is 5.10 Å². The quantitative estimate of drug-likeness (QED) is 0.380. The number of nitrogens with zero attached hydrogens (tertiary/aromatic N) is 6. The first kappa shape index (κ1) is 16.0. The number of hydrogen-bond acceptors (Lipinski definition) is 7. The van der Waals surface area contributed by atoms with E-state index in [0.29, 0.717) is 23.2 Å². The summed E-state index contributed by atoms with van der Waals surface area (Å²) in [6, 6.07) is 14.1. The van der Waals surface area contributed by atoms with Crippen molar-refractivity contribution in [3.63, 3.8) is 0 Å². The molecule has 0 aliphatic carbocycles. The lowest BCUT2D eigenvalue weighted by Crippen LogP contribution is -2.05. The van der Waals surface area contributed by atoms with Crippen LogP contribution in [0.5, 0.6) is 5.88 Å². The first-order valence-electron chi connectivity index (χ1n) is 7.65. The van der Waals surface area contributed by atoms with Gasteiger partial charge in [0.05, 0.1) is 19.0 Å². The molecular formula is C16H15N6OS2+. The van der Waals surface area contributed by atoms with Crippen molar-refractivity contribution in [3.8, 4) is 5.88 Å². The maximum atomic E-state index is 5.13. The molecule has 4 rings (SSSR count). The maximum absolute atomic E-state index is 5.13. The Kier molecular flexibility index (Phi) is 4.57. The molecular weight excluding hydrogens is 356 g/mol. The van der Waals surface area contributed by atoms with Crippen LogP contribution in [-0.4, -0.2) is 36.7 Å². The minimum atomic E-state index is -0.391. The molecule has 126 valence electrons. The number of pyridine rings is 1. The Morgan fingerprint density at radius 1 is 1.16 bits per heavy atom. The van der Waals surface area contributed by atoms with Crippen LogP contribution >= 0.6 is 20.5 Å². The van der Waals surface area contributed by atoms with Gasteiger partial charge in [-0.3, -0.25) is 0 Å². The van der Waals surface area contributed by atoms with Gasteiger partial charge in [0.15, 0.2) is 15.1 Å². The highest BCUT2D eigenvalue weighted by molar-refractivity contribution is 8.44. The minimum absolute atomic E-state index is 0.391. The van der Waals surface area contributed by atoms with Gasteiger partial charge in [-0.25, -0.2) is 0 Å². The molecule has 0 saturated carbocycles. The average molecular weight is 371 g/mol. The van der Waals surface area contributed by atoms with E-state index in [1.165, 1.54) is 16.4 Å². The second-order valence-corrected chi connectivity index (χ2v) is 8.27. The van der Waals surface area contributed by atoms with Gasteiger partial charge in [0.2, 0.25) is 22.3 Å². The van der Waals surface area contributed by atoms with E-state index >= 15 is 0 Å². The monoisotopic (exact) mass is 371 g/mol. The molecule has 0 aliphatic rings. The highest BCUT2D eigenvalue weighted by Crippen LogP contribution is 2.37.